The summed E-state index contributed by atoms with van der Waals surface area (Å²) in [6.45, 7) is 1.61. The van der Waals surface area contributed by atoms with Crippen molar-refractivity contribution in [3.63, 3.8) is 0 Å². The van der Waals surface area contributed by atoms with Gasteiger partial charge in [0.15, 0.2) is 5.11 Å². The fourth-order valence-electron chi connectivity index (χ4n) is 3.78. The Hall–Kier alpha value is -2.77. The van der Waals surface area contributed by atoms with Crippen molar-refractivity contribution in [1.29, 1.82) is 0 Å². The number of hydrogen-bond acceptors (Lipinski definition) is 3. The van der Waals surface area contributed by atoms with Gasteiger partial charge in [-0.1, -0.05) is 18.2 Å². The summed E-state index contributed by atoms with van der Waals surface area (Å²) in [4.78, 5) is 8.87. The van der Waals surface area contributed by atoms with Crippen LogP contribution in [0.25, 0.3) is 5.69 Å². The van der Waals surface area contributed by atoms with Crippen molar-refractivity contribution in [1.82, 2.24) is 24.7 Å². The molecule has 3 heterocycles. The Bertz CT molecular complexity index is 988. The highest BCUT2D eigenvalue weighted by molar-refractivity contribution is 7.80. The minimum atomic E-state index is -0.257. The number of benzene rings is 1. The molecule has 1 aromatic carbocycles. The second-order valence-corrected chi connectivity index (χ2v) is 7.76. The fourth-order valence-corrected chi connectivity index (χ4v) is 4.11. The van der Waals surface area contributed by atoms with Gasteiger partial charge in [0.1, 0.15) is 5.82 Å². The van der Waals surface area contributed by atoms with Crippen LogP contribution in [0.3, 0.4) is 0 Å². The lowest BCUT2D eigenvalue weighted by molar-refractivity contribution is 0.272. The maximum Gasteiger partial charge on any atom is 0.170 e. The van der Waals surface area contributed by atoms with Gasteiger partial charge in [0.25, 0.3) is 0 Å². The van der Waals surface area contributed by atoms with E-state index in [1.54, 1.807) is 18.3 Å². The standard InChI is InChI=1S/C22H24FN5S/c1-26(2)14-15-28-21(20(25-22(28)29)17-9-5-6-12-24-17)19-11-7-13-27(19)18-10-4-3-8-16(18)23/h3-13,20-21H,14-15H2,1-2H3,(H,25,29)/t20-,21+/m1/s1. The molecule has 0 saturated carbocycles. The average Bonchev–Trinajstić information content (AvgIpc) is 3.31. The lowest BCUT2D eigenvalue weighted by Crippen LogP contribution is -2.36. The van der Waals surface area contributed by atoms with Crippen molar-refractivity contribution in [2.45, 2.75) is 12.1 Å². The predicted octanol–water partition coefficient (Wildman–Crippen LogP) is 3.55. The summed E-state index contributed by atoms with van der Waals surface area (Å²) < 4.78 is 16.5. The molecular weight excluding hydrogens is 385 g/mol. The zero-order valence-corrected chi connectivity index (χ0v) is 17.3. The lowest BCUT2D eigenvalue weighted by atomic mass is 10.0. The van der Waals surface area contributed by atoms with Crippen molar-refractivity contribution in [2.24, 2.45) is 0 Å². The van der Waals surface area contributed by atoms with Gasteiger partial charge in [-0.2, -0.15) is 0 Å². The first-order valence-corrected chi connectivity index (χ1v) is 10.0. The monoisotopic (exact) mass is 409 g/mol. The van der Waals surface area contributed by atoms with E-state index in [0.29, 0.717) is 10.8 Å². The Morgan fingerprint density at radius 1 is 1.10 bits per heavy atom. The molecule has 150 valence electrons. The van der Waals surface area contributed by atoms with Gasteiger partial charge in [-0.25, -0.2) is 4.39 Å². The molecular formula is C22H24FN5S. The zero-order valence-electron chi connectivity index (χ0n) is 16.5. The minimum Gasteiger partial charge on any atom is -0.352 e. The summed E-state index contributed by atoms with van der Waals surface area (Å²) >= 11 is 5.69. The summed E-state index contributed by atoms with van der Waals surface area (Å²) in [5, 5.41) is 4.13. The van der Waals surface area contributed by atoms with Crippen molar-refractivity contribution < 1.29 is 4.39 Å². The summed E-state index contributed by atoms with van der Waals surface area (Å²) in [7, 11) is 4.08. The van der Waals surface area contributed by atoms with Gasteiger partial charge in [0, 0.05) is 31.2 Å². The van der Waals surface area contributed by atoms with Crippen LogP contribution < -0.4 is 5.32 Å². The number of hydrogen-bond donors (Lipinski definition) is 1. The highest BCUT2D eigenvalue weighted by Gasteiger charge is 2.41. The van der Waals surface area contributed by atoms with E-state index in [0.717, 1.165) is 24.5 Å². The first-order chi connectivity index (χ1) is 14.1. The number of rotatable bonds is 6. The van der Waals surface area contributed by atoms with Crippen LogP contribution in [0.5, 0.6) is 0 Å². The number of para-hydroxylation sites is 1. The number of nitrogens with one attached hydrogen (secondary N) is 1. The summed E-state index contributed by atoms with van der Waals surface area (Å²) in [6.07, 6.45) is 3.68. The lowest BCUT2D eigenvalue weighted by Gasteiger charge is -2.29. The third kappa shape index (κ3) is 3.88. The number of halogens is 1. The highest BCUT2D eigenvalue weighted by atomic mass is 32.1. The maximum absolute atomic E-state index is 14.6. The molecule has 1 saturated heterocycles. The zero-order chi connectivity index (χ0) is 20.4. The predicted molar refractivity (Wildman–Crippen MR) is 116 cm³/mol. The molecule has 29 heavy (non-hydrogen) atoms. The van der Waals surface area contributed by atoms with E-state index < -0.39 is 0 Å². The third-order valence-corrected chi connectivity index (χ3v) is 5.53. The van der Waals surface area contributed by atoms with Gasteiger partial charge in [-0.15, -0.1) is 0 Å². The third-order valence-electron chi connectivity index (χ3n) is 5.18. The minimum absolute atomic E-state index is 0.105. The number of pyridine rings is 1. The smallest absolute Gasteiger partial charge is 0.170 e. The quantitative estimate of drug-likeness (QED) is 0.630. The number of aromatic nitrogens is 2. The fraction of sp³-hybridized carbons (Fsp3) is 0.273. The molecule has 0 spiro atoms. The van der Waals surface area contributed by atoms with E-state index in [4.69, 9.17) is 12.2 Å². The molecule has 0 radical (unpaired) electrons. The second kappa shape index (κ2) is 8.31. The normalized spacial score (nSPS) is 19.0. The van der Waals surface area contributed by atoms with E-state index in [-0.39, 0.29) is 17.9 Å². The molecule has 4 rings (SSSR count). The molecule has 0 bridgehead atoms. The molecule has 2 atom stereocenters. The largest absolute Gasteiger partial charge is 0.352 e. The van der Waals surface area contributed by atoms with Crippen molar-refractivity contribution in [3.8, 4) is 5.69 Å². The van der Waals surface area contributed by atoms with Crippen LogP contribution in [0, 0.1) is 5.82 Å². The Morgan fingerprint density at radius 2 is 1.90 bits per heavy atom. The molecule has 0 amide bonds. The summed E-state index contributed by atoms with van der Waals surface area (Å²) in [6, 6.07) is 16.5. The summed E-state index contributed by atoms with van der Waals surface area (Å²) in [5.74, 6) is -0.257. The topological polar surface area (TPSA) is 36.3 Å². The molecule has 1 fully saturated rings. The van der Waals surface area contributed by atoms with Gasteiger partial charge in [-0.05, 0) is 62.7 Å². The molecule has 0 aliphatic carbocycles. The van der Waals surface area contributed by atoms with E-state index in [1.807, 2.05) is 61.3 Å². The average molecular weight is 410 g/mol. The van der Waals surface area contributed by atoms with Gasteiger partial charge in [-0.3, -0.25) is 4.98 Å². The van der Waals surface area contributed by atoms with Crippen molar-refractivity contribution in [3.05, 3.63) is 84.2 Å². The van der Waals surface area contributed by atoms with Crippen LogP contribution in [0.15, 0.2) is 67.0 Å². The van der Waals surface area contributed by atoms with E-state index >= 15 is 0 Å². The van der Waals surface area contributed by atoms with Gasteiger partial charge in [0.2, 0.25) is 0 Å². The van der Waals surface area contributed by atoms with Crippen LogP contribution in [-0.4, -0.2) is 51.6 Å². The number of thiocarbonyl (C=S) groups is 1. The van der Waals surface area contributed by atoms with Crippen molar-refractivity contribution >= 4 is 17.3 Å². The van der Waals surface area contributed by atoms with Gasteiger partial charge >= 0.3 is 0 Å². The Kier molecular flexibility index (Phi) is 5.60. The summed E-state index contributed by atoms with van der Waals surface area (Å²) in [5.41, 5.74) is 2.41. The molecule has 7 heteroatoms. The maximum atomic E-state index is 14.6. The molecule has 2 aromatic heterocycles. The molecule has 1 N–H and O–H groups in total. The van der Waals surface area contributed by atoms with Crippen LogP contribution in [-0.2, 0) is 0 Å². The highest BCUT2D eigenvalue weighted by Crippen LogP contribution is 2.39. The second-order valence-electron chi connectivity index (χ2n) is 7.38. The molecule has 0 unspecified atom stereocenters. The SMILES string of the molecule is CN(C)CCN1C(=S)N[C@H](c2ccccn2)[C@@H]1c1cccn1-c1ccccc1F. The van der Waals surface area contributed by atoms with E-state index in [1.165, 1.54) is 6.07 Å². The van der Waals surface area contributed by atoms with Crippen LogP contribution in [0.2, 0.25) is 0 Å². The number of likely N-dealkylation sites (N-methyl/N-ethyl adjacent to an activating group) is 1. The van der Waals surface area contributed by atoms with Crippen LogP contribution >= 0.6 is 12.2 Å². The first-order valence-electron chi connectivity index (χ1n) is 9.61. The van der Waals surface area contributed by atoms with Crippen molar-refractivity contribution in [2.75, 3.05) is 27.2 Å². The molecule has 1 aliphatic heterocycles. The van der Waals surface area contributed by atoms with E-state index in [2.05, 4.69) is 20.1 Å². The van der Waals surface area contributed by atoms with Gasteiger partial charge in [0.05, 0.1) is 23.5 Å². The van der Waals surface area contributed by atoms with Crippen LogP contribution in [0.1, 0.15) is 23.5 Å². The van der Waals surface area contributed by atoms with E-state index in [9.17, 15) is 4.39 Å². The Morgan fingerprint density at radius 3 is 2.62 bits per heavy atom. The first kappa shape index (κ1) is 19.5. The molecule has 1 aliphatic rings. The Balaban J connectivity index is 1.79. The van der Waals surface area contributed by atoms with Crippen LogP contribution in [0.4, 0.5) is 4.39 Å². The molecule has 5 nitrogen and oxygen atoms in total. The Labute approximate surface area is 175 Å². The number of nitrogens with zero attached hydrogens (tertiary/aromatic N) is 4. The van der Waals surface area contributed by atoms with Gasteiger partial charge < -0.3 is 19.7 Å². The molecule has 3 aromatic rings.